The molecule has 0 radical (unpaired) electrons. The van der Waals surface area contributed by atoms with Gasteiger partial charge in [0, 0.05) is 25.5 Å². The minimum absolute atomic E-state index is 0.197. The van der Waals surface area contributed by atoms with Gasteiger partial charge in [-0.1, -0.05) is 0 Å². The number of fused-ring (bicyclic) bond motifs is 1. The van der Waals surface area contributed by atoms with Crippen molar-refractivity contribution in [2.24, 2.45) is 0 Å². The molecule has 0 atom stereocenters. The monoisotopic (exact) mass is 350 g/mol. The quantitative estimate of drug-likeness (QED) is 0.791. The molecule has 1 aliphatic heterocycles. The van der Waals surface area contributed by atoms with Gasteiger partial charge in [-0.15, -0.1) is 0 Å². The predicted molar refractivity (Wildman–Crippen MR) is 68.7 cm³/mol. The molecule has 5 nitrogen and oxygen atoms in total. The third kappa shape index (κ3) is 2.47. The van der Waals surface area contributed by atoms with Crippen LogP contribution >= 0.6 is 15.9 Å². The van der Waals surface area contributed by atoms with E-state index in [0.717, 1.165) is 6.20 Å². The smallest absolute Gasteiger partial charge is 0.378 e. The second kappa shape index (κ2) is 4.88. The highest BCUT2D eigenvalue weighted by Gasteiger charge is 2.34. The van der Waals surface area contributed by atoms with Gasteiger partial charge in [-0.05, 0) is 15.9 Å². The van der Waals surface area contributed by atoms with Crippen LogP contribution in [0.1, 0.15) is 5.69 Å². The molecule has 0 aliphatic carbocycles. The second-order valence-electron chi connectivity index (χ2n) is 4.34. The van der Waals surface area contributed by atoms with E-state index >= 15 is 0 Å². The summed E-state index contributed by atoms with van der Waals surface area (Å²) in [6, 6.07) is 0. The number of hydrogen-bond acceptors (Lipinski definition) is 4. The molecule has 0 bridgehead atoms. The van der Waals surface area contributed by atoms with E-state index < -0.39 is 11.9 Å². The van der Waals surface area contributed by atoms with Crippen molar-refractivity contribution in [3.05, 3.63) is 22.7 Å². The molecule has 9 heteroatoms. The summed E-state index contributed by atoms with van der Waals surface area (Å²) in [5.41, 5.74) is -0.727. The largest absolute Gasteiger partial charge is 0.434 e. The third-order valence-corrected chi connectivity index (χ3v) is 3.37. The van der Waals surface area contributed by atoms with Gasteiger partial charge >= 0.3 is 6.18 Å². The Morgan fingerprint density at radius 1 is 1.15 bits per heavy atom. The zero-order valence-corrected chi connectivity index (χ0v) is 11.8. The minimum atomic E-state index is -4.47. The Bertz CT molecular complexity index is 636. The summed E-state index contributed by atoms with van der Waals surface area (Å²) in [6.07, 6.45) is -2.05. The summed E-state index contributed by atoms with van der Waals surface area (Å²) in [7, 11) is 0. The molecule has 3 heterocycles. The van der Waals surface area contributed by atoms with Crippen LogP contribution < -0.4 is 4.90 Å². The van der Waals surface area contributed by atoms with E-state index in [-0.39, 0.29) is 5.65 Å². The number of morpholine rings is 1. The standard InChI is InChI=1S/C11H10BrF3N4O/c12-8-6-19-5-7(11(13,14)15)16-9(19)10(17-8)18-1-3-20-4-2-18/h5-6H,1-4H2. The molecule has 0 spiro atoms. The summed E-state index contributed by atoms with van der Waals surface area (Å²) < 4.78 is 45.3. The lowest BCUT2D eigenvalue weighted by atomic mass is 10.4. The van der Waals surface area contributed by atoms with E-state index in [0.29, 0.717) is 36.7 Å². The highest BCUT2D eigenvalue weighted by atomic mass is 79.9. The fourth-order valence-electron chi connectivity index (χ4n) is 2.08. The van der Waals surface area contributed by atoms with Crippen molar-refractivity contribution in [1.82, 2.24) is 14.4 Å². The summed E-state index contributed by atoms with van der Waals surface area (Å²) in [5, 5.41) is 0. The van der Waals surface area contributed by atoms with Gasteiger partial charge in [0.15, 0.2) is 17.2 Å². The third-order valence-electron chi connectivity index (χ3n) is 2.99. The molecule has 1 aliphatic rings. The zero-order chi connectivity index (χ0) is 14.3. The normalized spacial score (nSPS) is 16.9. The molecule has 2 aromatic heterocycles. The van der Waals surface area contributed by atoms with E-state index in [4.69, 9.17) is 4.74 Å². The highest BCUT2D eigenvalue weighted by molar-refractivity contribution is 9.10. The van der Waals surface area contributed by atoms with Crippen molar-refractivity contribution < 1.29 is 17.9 Å². The SMILES string of the molecule is FC(F)(F)c1cn2cc(Br)nc(N3CCOCC3)c2n1. The number of aromatic nitrogens is 3. The van der Waals surface area contributed by atoms with Crippen molar-refractivity contribution in [3.8, 4) is 0 Å². The average Bonchev–Trinajstić information content (AvgIpc) is 2.82. The first-order valence-corrected chi connectivity index (χ1v) is 6.69. The van der Waals surface area contributed by atoms with Gasteiger partial charge in [-0.3, -0.25) is 0 Å². The number of imidazole rings is 1. The number of ether oxygens (including phenoxy) is 1. The molecule has 1 saturated heterocycles. The molecule has 0 N–H and O–H groups in total. The van der Waals surface area contributed by atoms with E-state index in [9.17, 15) is 13.2 Å². The fraction of sp³-hybridized carbons (Fsp3) is 0.455. The number of halogens is 4. The van der Waals surface area contributed by atoms with Crippen LogP contribution in [0.5, 0.6) is 0 Å². The van der Waals surface area contributed by atoms with E-state index in [1.807, 2.05) is 4.90 Å². The maximum Gasteiger partial charge on any atom is 0.434 e. The Labute approximate surface area is 120 Å². The van der Waals surface area contributed by atoms with Gasteiger partial charge in [0.2, 0.25) is 0 Å². The first-order chi connectivity index (χ1) is 9.45. The van der Waals surface area contributed by atoms with Crippen LogP contribution in [0.15, 0.2) is 17.0 Å². The Balaban J connectivity index is 2.12. The maximum atomic E-state index is 12.8. The van der Waals surface area contributed by atoms with Crippen molar-refractivity contribution in [2.45, 2.75) is 6.18 Å². The summed E-state index contributed by atoms with van der Waals surface area (Å²) in [4.78, 5) is 9.80. The summed E-state index contributed by atoms with van der Waals surface area (Å²) in [6.45, 7) is 2.20. The number of nitrogens with zero attached hydrogens (tertiary/aromatic N) is 4. The topological polar surface area (TPSA) is 42.7 Å². The van der Waals surface area contributed by atoms with E-state index in [2.05, 4.69) is 25.9 Å². The van der Waals surface area contributed by atoms with Crippen LogP contribution in [-0.4, -0.2) is 40.7 Å². The van der Waals surface area contributed by atoms with Crippen molar-refractivity contribution in [2.75, 3.05) is 31.2 Å². The van der Waals surface area contributed by atoms with Gasteiger partial charge in [0.1, 0.15) is 4.60 Å². The van der Waals surface area contributed by atoms with Gasteiger partial charge in [0.25, 0.3) is 0 Å². The molecule has 0 amide bonds. The first kappa shape index (κ1) is 13.6. The van der Waals surface area contributed by atoms with Crippen molar-refractivity contribution in [3.63, 3.8) is 0 Å². The Kier molecular flexibility index (Phi) is 3.33. The fourth-order valence-corrected chi connectivity index (χ4v) is 2.46. The number of rotatable bonds is 1. The van der Waals surface area contributed by atoms with Crippen LogP contribution in [0.3, 0.4) is 0 Å². The molecule has 0 aromatic carbocycles. The van der Waals surface area contributed by atoms with Crippen LogP contribution in [0, 0.1) is 0 Å². The summed E-state index contributed by atoms with van der Waals surface area (Å²) in [5.74, 6) is 0.429. The molecule has 0 saturated carbocycles. The Morgan fingerprint density at radius 2 is 1.85 bits per heavy atom. The molecule has 0 unspecified atom stereocenters. The van der Waals surface area contributed by atoms with E-state index in [1.165, 1.54) is 10.6 Å². The minimum Gasteiger partial charge on any atom is -0.378 e. The predicted octanol–water partition coefficient (Wildman–Crippen LogP) is 2.35. The molecule has 3 rings (SSSR count). The van der Waals surface area contributed by atoms with Gasteiger partial charge in [-0.25, -0.2) is 9.97 Å². The molecule has 1 fully saturated rings. The number of hydrogen-bond donors (Lipinski definition) is 0. The lowest BCUT2D eigenvalue weighted by Gasteiger charge is -2.27. The van der Waals surface area contributed by atoms with Crippen molar-refractivity contribution >= 4 is 27.4 Å². The molecular formula is C11H10BrF3N4O. The molecule has 20 heavy (non-hydrogen) atoms. The van der Waals surface area contributed by atoms with Gasteiger partial charge < -0.3 is 14.0 Å². The van der Waals surface area contributed by atoms with Crippen LogP contribution in [-0.2, 0) is 10.9 Å². The van der Waals surface area contributed by atoms with Crippen LogP contribution in [0.2, 0.25) is 0 Å². The second-order valence-corrected chi connectivity index (χ2v) is 5.15. The maximum absolute atomic E-state index is 12.8. The molecule has 2 aromatic rings. The first-order valence-electron chi connectivity index (χ1n) is 5.90. The molecular weight excluding hydrogens is 341 g/mol. The zero-order valence-electron chi connectivity index (χ0n) is 10.2. The van der Waals surface area contributed by atoms with Crippen LogP contribution in [0.25, 0.3) is 5.65 Å². The van der Waals surface area contributed by atoms with Crippen LogP contribution in [0.4, 0.5) is 19.0 Å². The lowest BCUT2D eigenvalue weighted by Crippen LogP contribution is -2.37. The summed E-state index contributed by atoms with van der Waals surface area (Å²) >= 11 is 3.21. The van der Waals surface area contributed by atoms with E-state index in [1.54, 1.807) is 0 Å². The lowest BCUT2D eigenvalue weighted by molar-refractivity contribution is -0.140. The molecule has 108 valence electrons. The van der Waals surface area contributed by atoms with Gasteiger partial charge in [-0.2, -0.15) is 13.2 Å². The number of anilines is 1. The Morgan fingerprint density at radius 3 is 2.50 bits per heavy atom. The van der Waals surface area contributed by atoms with Gasteiger partial charge in [0.05, 0.1) is 13.2 Å². The average molecular weight is 351 g/mol. The Hall–Kier alpha value is -1.35. The van der Waals surface area contributed by atoms with Crippen molar-refractivity contribution in [1.29, 1.82) is 0 Å². The number of alkyl halides is 3. The highest BCUT2D eigenvalue weighted by Crippen LogP contribution is 2.31.